The van der Waals surface area contributed by atoms with E-state index < -0.39 is 0 Å². The third-order valence-corrected chi connectivity index (χ3v) is 3.97. The average Bonchev–Trinajstić information content (AvgIpc) is 2.32. The Morgan fingerprint density at radius 1 is 0.476 bits per heavy atom. The van der Waals surface area contributed by atoms with Crippen molar-refractivity contribution in [1.82, 2.24) is 0 Å². The molecule has 2 N–H and O–H groups in total. The Bertz CT molecular complexity index is 202. The topological polar surface area (TPSA) is 16.6 Å². The molecule has 0 radical (unpaired) electrons. The fourth-order valence-electron chi connectivity index (χ4n) is 2.60. The molecule has 0 rings (SSSR count). The van der Waals surface area contributed by atoms with E-state index in [2.05, 4.69) is 47.6 Å². The highest BCUT2D eigenvalue weighted by molar-refractivity contribution is 4.43. The van der Waals surface area contributed by atoms with Crippen LogP contribution in [0.25, 0.3) is 0 Å². The normalized spacial score (nSPS) is 12.9. The van der Waals surface area contributed by atoms with E-state index in [9.17, 15) is 0 Å². The zero-order chi connectivity index (χ0) is 16.2. The molecule has 0 saturated carbocycles. The molecule has 0 unspecified atom stereocenters. The van der Waals surface area contributed by atoms with Gasteiger partial charge in [-0.1, -0.05) is 0 Å². The van der Waals surface area contributed by atoms with Gasteiger partial charge in [0.05, 0.1) is 68.5 Å². The molecule has 3 heteroatoms. The smallest absolute Gasteiger partial charge is 0.0780 e. The Balaban J connectivity index is 3.10. The Morgan fingerprint density at radius 2 is 0.810 bits per heavy atom. The summed E-state index contributed by atoms with van der Waals surface area (Å²) in [6.45, 7) is 5.31. The van der Waals surface area contributed by atoms with Crippen molar-refractivity contribution in [3.63, 3.8) is 0 Å². The summed E-state index contributed by atoms with van der Waals surface area (Å²) in [4.78, 5) is 0. The maximum atomic E-state index is 2.53. The van der Waals surface area contributed by atoms with Gasteiger partial charge < -0.3 is 14.3 Å². The van der Waals surface area contributed by atoms with Gasteiger partial charge in [-0.25, -0.2) is 0 Å². The molecule has 0 aliphatic heterocycles. The lowest BCUT2D eigenvalue weighted by Gasteiger charge is -2.23. The van der Waals surface area contributed by atoms with Gasteiger partial charge in [-0.05, 0) is 51.4 Å². The van der Waals surface area contributed by atoms with Crippen LogP contribution in [0.5, 0.6) is 0 Å². The molecule has 0 aromatic heterocycles. The fraction of sp³-hybridized carbons (Fsp3) is 1.00. The van der Waals surface area contributed by atoms with Crippen LogP contribution in [0.4, 0.5) is 0 Å². The van der Waals surface area contributed by atoms with Crippen LogP contribution in [0.3, 0.4) is 0 Å². The van der Waals surface area contributed by atoms with Gasteiger partial charge in [0.25, 0.3) is 0 Å². The van der Waals surface area contributed by atoms with Crippen molar-refractivity contribution in [2.75, 3.05) is 68.5 Å². The average molecular weight is 303 g/mol. The predicted octanol–water partition coefficient (Wildman–Crippen LogP) is 2.08. The maximum absolute atomic E-state index is 2.53. The zero-order valence-corrected chi connectivity index (χ0v) is 16.0. The number of unbranched alkanes of at least 4 members (excludes halogenated alkanes) is 6. The van der Waals surface area contributed by atoms with Crippen LogP contribution >= 0.6 is 0 Å². The number of nitrogens with two attached hydrogens (primary N) is 1. The standard InChI is InChI=1S/C18H43N3/c1-20(2,3)17-13-9-7-11-15-19-16-12-8-10-14-18-21(4,5)6/h19H,7-18H2,1-6H3/q+2/p+1. The highest BCUT2D eigenvalue weighted by Gasteiger charge is 2.06. The first kappa shape index (κ1) is 20.9. The lowest BCUT2D eigenvalue weighted by Crippen LogP contribution is -2.84. The van der Waals surface area contributed by atoms with Gasteiger partial charge in [-0.2, -0.15) is 0 Å². The molecule has 0 aromatic rings. The Morgan fingerprint density at radius 3 is 1.14 bits per heavy atom. The monoisotopic (exact) mass is 302 g/mol. The van der Waals surface area contributed by atoms with E-state index >= 15 is 0 Å². The number of hydrogen-bond acceptors (Lipinski definition) is 0. The summed E-state index contributed by atoms with van der Waals surface area (Å²) in [6, 6.07) is 0. The molecule has 0 saturated heterocycles. The van der Waals surface area contributed by atoms with E-state index in [0.29, 0.717) is 0 Å². The third-order valence-electron chi connectivity index (χ3n) is 3.97. The molecule has 0 amide bonds. The molecular weight excluding hydrogens is 258 g/mol. The van der Waals surface area contributed by atoms with Crippen LogP contribution in [0.15, 0.2) is 0 Å². The number of nitrogens with zero attached hydrogens (tertiary/aromatic N) is 2. The van der Waals surface area contributed by atoms with Gasteiger partial charge in [-0.3, -0.25) is 0 Å². The molecule has 128 valence electrons. The van der Waals surface area contributed by atoms with Gasteiger partial charge >= 0.3 is 0 Å². The lowest BCUT2D eigenvalue weighted by atomic mass is 10.1. The van der Waals surface area contributed by atoms with E-state index in [1.54, 1.807) is 0 Å². The number of quaternary nitrogens is 3. The second kappa shape index (κ2) is 11.4. The summed E-state index contributed by atoms with van der Waals surface area (Å²) in [6.07, 6.45) is 11.2. The lowest BCUT2D eigenvalue weighted by molar-refractivity contribution is -0.870. The number of hydrogen-bond donors (Lipinski definition) is 1. The third kappa shape index (κ3) is 19.9. The van der Waals surface area contributed by atoms with Crippen LogP contribution in [0, 0.1) is 0 Å². The van der Waals surface area contributed by atoms with Crippen molar-refractivity contribution >= 4 is 0 Å². The summed E-state index contributed by atoms with van der Waals surface area (Å²) in [7, 11) is 13.7. The first-order valence-electron chi connectivity index (χ1n) is 9.13. The van der Waals surface area contributed by atoms with Crippen LogP contribution in [-0.4, -0.2) is 77.4 Å². The predicted molar refractivity (Wildman–Crippen MR) is 94.4 cm³/mol. The minimum absolute atomic E-state index is 1.11. The molecule has 0 atom stereocenters. The quantitative estimate of drug-likeness (QED) is 0.374. The van der Waals surface area contributed by atoms with Gasteiger partial charge in [0.15, 0.2) is 0 Å². The van der Waals surface area contributed by atoms with E-state index in [4.69, 9.17) is 0 Å². The van der Waals surface area contributed by atoms with Crippen LogP contribution in [0.1, 0.15) is 51.4 Å². The van der Waals surface area contributed by atoms with Gasteiger partial charge in [-0.15, -0.1) is 0 Å². The van der Waals surface area contributed by atoms with E-state index in [1.807, 2.05) is 0 Å². The van der Waals surface area contributed by atoms with Crippen molar-refractivity contribution < 1.29 is 14.3 Å². The summed E-state index contributed by atoms with van der Waals surface area (Å²) in [5.41, 5.74) is 0. The van der Waals surface area contributed by atoms with Gasteiger partial charge in [0.1, 0.15) is 0 Å². The summed E-state index contributed by atoms with van der Waals surface area (Å²) >= 11 is 0. The molecule has 0 spiro atoms. The minimum atomic E-state index is 1.11. The van der Waals surface area contributed by atoms with Crippen LogP contribution < -0.4 is 5.32 Å². The number of rotatable bonds is 14. The Kier molecular flexibility index (Phi) is 11.4. The highest BCUT2D eigenvalue weighted by Crippen LogP contribution is 2.03. The second-order valence-electron chi connectivity index (χ2n) is 8.72. The molecule has 3 nitrogen and oxygen atoms in total. The first-order valence-corrected chi connectivity index (χ1v) is 9.13. The molecular formula is C18H44N3+3. The fourth-order valence-corrected chi connectivity index (χ4v) is 2.60. The SMILES string of the molecule is C[N+](C)(C)CCCCCC[NH2+]CCCCCC[N+](C)(C)C. The van der Waals surface area contributed by atoms with Crippen molar-refractivity contribution in [3.05, 3.63) is 0 Å². The second-order valence-corrected chi connectivity index (χ2v) is 8.72. The van der Waals surface area contributed by atoms with E-state index in [-0.39, 0.29) is 0 Å². The molecule has 0 aliphatic rings. The van der Waals surface area contributed by atoms with Crippen LogP contribution in [-0.2, 0) is 0 Å². The molecule has 0 bridgehead atoms. The van der Waals surface area contributed by atoms with Crippen molar-refractivity contribution in [2.45, 2.75) is 51.4 Å². The Hall–Kier alpha value is -0.120. The van der Waals surface area contributed by atoms with E-state index in [0.717, 1.165) is 8.97 Å². The summed E-state index contributed by atoms with van der Waals surface area (Å²) in [5, 5.41) is 2.53. The largest absolute Gasteiger partial charge is 0.346 e. The summed E-state index contributed by atoms with van der Waals surface area (Å²) in [5.74, 6) is 0. The minimum Gasteiger partial charge on any atom is -0.346 e. The summed E-state index contributed by atoms with van der Waals surface area (Å²) < 4.78 is 2.22. The highest BCUT2D eigenvalue weighted by atomic mass is 15.3. The van der Waals surface area contributed by atoms with Crippen molar-refractivity contribution in [1.29, 1.82) is 0 Å². The van der Waals surface area contributed by atoms with Gasteiger partial charge in [0.2, 0.25) is 0 Å². The van der Waals surface area contributed by atoms with E-state index in [1.165, 1.54) is 77.5 Å². The molecule has 0 aromatic carbocycles. The van der Waals surface area contributed by atoms with Crippen molar-refractivity contribution in [3.8, 4) is 0 Å². The van der Waals surface area contributed by atoms with Crippen LogP contribution in [0.2, 0.25) is 0 Å². The molecule has 0 aliphatic carbocycles. The molecule has 21 heavy (non-hydrogen) atoms. The molecule has 0 heterocycles. The van der Waals surface area contributed by atoms with Gasteiger partial charge in [0, 0.05) is 0 Å². The maximum Gasteiger partial charge on any atom is 0.0780 e. The Labute approximate surface area is 134 Å². The molecule has 0 fully saturated rings. The zero-order valence-electron chi connectivity index (χ0n) is 16.0. The van der Waals surface area contributed by atoms with Crippen molar-refractivity contribution in [2.24, 2.45) is 0 Å². The first-order chi connectivity index (χ1) is 9.71.